The molecule has 0 saturated heterocycles. The third kappa shape index (κ3) is 4.79. The number of anilines is 1. The number of para-hydroxylation sites is 1. The molecule has 0 radical (unpaired) electrons. The van der Waals surface area contributed by atoms with Gasteiger partial charge in [-0.3, -0.25) is 9.59 Å². The van der Waals surface area contributed by atoms with E-state index in [1.807, 2.05) is 26.8 Å². The van der Waals surface area contributed by atoms with Crippen molar-refractivity contribution >= 4 is 17.5 Å². The fourth-order valence-electron chi connectivity index (χ4n) is 2.63. The molecule has 0 aromatic heterocycles. The monoisotopic (exact) mass is 317 g/mol. The number of benzene rings is 1. The number of nitrogens with two attached hydrogens (primary N) is 1. The highest BCUT2D eigenvalue weighted by Gasteiger charge is 2.24. The number of carbonyl (C=O) groups excluding carboxylic acids is 2. The van der Waals surface area contributed by atoms with Gasteiger partial charge in [0, 0.05) is 17.5 Å². The van der Waals surface area contributed by atoms with Crippen LogP contribution in [0.5, 0.6) is 0 Å². The Kier molecular flexibility index (Phi) is 5.42. The lowest BCUT2D eigenvalue weighted by atomic mass is 9.91. The predicted molar refractivity (Wildman–Crippen MR) is 92.2 cm³/mol. The van der Waals surface area contributed by atoms with E-state index in [0.29, 0.717) is 11.3 Å². The Hall–Kier alpha value is -1.88. The summed E-state index contributed by atoms with van der Waals surface area (Å²) in [5.74, 6) is -0.253. The first-order valence-corrected chi connectivity index (χ1v) is 8.24. The van der Waals surface area contributed by atoms with Crippen LogP contribution in [0, 0.1) is 5.41 Å². The molecule has 4 N–H and O–H groups in total. The van der Waals surface area contributed by atoms with Gasteiger partial charge < -0.3 is 16.4 Å². The second kappa shape index (κ2) is 7.13. The van der Waals surface area contributed by atoms with Crippen LogP contribution in [-0.4, -0.2) is 23.9 Å². The lowest BCUT2D eigenvalue weighted by Crippen LogP contribution is -2.40. The van der Waals surface area contributed by atoms with Gasteiger partial charge in [0.05, 0.1) is 11.3 Å². The minimum Gasteiger partial charge on any atom is -0.349 e. The second-order valence-electron chi connectivity index (χ2n) is 7.33. The van der Waals surface area contributed by atoms with Gasteiger partial charge in [0.1, 0.15) is 0 Å². The topological polar surface area (TPSA) is 84.2 Å². The molecule has 1 aliphatic carbocycles. The average molecular weight is 317 g/mol. The quantitative estimate of drug-likeness (QED) is 0.801. The van der Waals surface area contributed by atoms with Crippen molar-refractivity contribution in [1.82, 2.24) is 5.32 Å². The Bertz CT molecular complexity index is 570. The number of nitrogens with one attached hydrogen (secondary N) is 2. The summed E-state index contributed by atoms with van der Waals surface area (Å²) in [6.07, 6.45) is 3.69. The molecule has 0 aliphatic heterocycles. The number of carbonyl (C=O) groups is 2. The summed E-state index contributed by atoms with van der Waals surface area (Å²) < 4.78 is 0. The molecule has 1 aromatic carbocycles. The van der Waals surface area contributed by atoms with Gasteiger partial charge in [0.25, 0.3) is 5.91 Å². The van der Waals surface area contributed by atoms with Crippen molar-refractivity contribution < 1.29 is 9.59 Å². The zero-order valence-corrected chi connectivity index (χ0v) is 14.2. The third-order valence-electron chi connectivity index (χ3n) is 4.21. The highest BCUT2D eigenvalue weighted by molar-refractivity contribution is 6.04. The van der Waals surface area contributed by atoms with Gasteiger partial charge in [-0.1, -0.05) is 32.9 Å². The largest absolute Gasteiger partial charge is 0.349 e. The Morgan fingerprint density at radius 1 is 1.09 bits per heavy atom. The van der Waals surface area contributed by atoms with Gasteiger partial charge in [-0.05, 0) is 37.8 Å². The van der Waals surface area contributed by atoms with E-state index in [-0.39, 0.29) is 23.9 Å². The Morgan fingerprint density at radius 2 is 1.70 bits per heavy atom. The molecule has 0 unspecified atom stereocenters. The van der Waals surface area contributed by atoms with Crippen LogP contribution in [-0.2, 0) is 4.79 Å². The van der Waals surface area contributed by atoms with Gasteiger partial charge >= 0.3 is 0 Å². The van der Waals surface area contributed by atoms with E-state index >= 15 is 0 Å². The number of rotatable bonds is 3. The molecule has 1 aromatic rings. The Labute approximate surface area is 138 Å². The molecule has 5 nitrogen and oxygen atoms in total. The van der Waals surface area contributed by atoms with E-state index < -0.39 is 5.41 Å². The van der Waals surface area contributed by atoms with Crippen LogP contribution in [0.25, 0.3) is 0 Å². The summed E-state index contributed by atoms with van der Waals surface area (Å²) >= 11 is 0. The smallest absolute Gasteiger partial charge is 0.253 e. The molecule has 0 spiro atoms. The van der Waals surface area contributed by atoms with Gasteiger partial charge in [0.15, 0.2) is 0 Å². The van der Waals surface area contributed by atoms with E-state index in [1.54, 1.807) is 18.2 Å². The number of amides is 2. The van der Waals surface area contributed by atoms with Crippen molar-refractivity contribution in [1.29, 1.82) is 0 Å². The lowest BCUT2D eigenvalue weighted by Gasteiger charge is -2.27. The first kappa shape index (κ1) is 17.5. The standard InChI is InChI=1S/C18H27N3O2/c1-18(2,3)17(23)21-15-7-5-4-6-14(15)16(22)20-13-10-8-12(19)9-11-13/h4-7,12-13H,8-11,19H2,1-3H3,(H,20,22)(H,21,23). The molecule has 0 heterocycles. The average Bonchev–Trinajstić information content (AvgIpc) is 2.49. The fraction of sp³-hybridized carbons (Fsp3) is 0.556. The summed E-state index contributed by atoms with van der Waals surface area (Å²) in [6.45, 7) is 5.53. The summed E-state index contributed by atoms with van der Waals surface area (Å²) in [5, 5.41) is 5.92. The normalized spacial score (nSPS) is 21.6. The molecule has 2 rings (SSSR count). The van der Waals surface area contributed by atoms with Gasteiger partial charge in [-0.25, -0.2) is 0 Å². The minimum absolute atomic E-state index is 0.110. The van der Waals surface area contributed by atoms with E-state index in [9.17, 15) is 9.59 Å². The lowest BCUT2D eigenvalue weighted by molar-refractivity contribution is -0.123. The Balaban J connectivity index is 2.07. The highest BCUT2D eigenvalue weighted by atomic mass is 16.2. The summed E-state index contributed by atoms with van der Waals surface area (Å²) in [7, 11) is 0. The third-order valence-corrected chi connectivity index (χ3v) is 4.21. The summed E-state index contributed by atoms with van der Waals surface area (Å²) in [5.41, 5.74) is 6.44. The minimum atomic E-state index is -0.511. The number of hydrogen-bond acceptors (Lipinski definition) is 3. The maximum absolute atomic E-state index is 12.6. The molecule has 0 bridgehead atoms. The van der Waals surface area contributed by atoms with Crippen molar-refractivity contribution in [3.05, 3.63) is 29.8 Å². The summed E-state index contributed by atoms with van der Waals surface area (Å²) in [4.78, 5) is 24.7. The fourth-order valence-corrected chi connectivity index (χ4v) is 2.63. The SMILES string of the molecule is CC(C)(C)C(=O)Nc1ccccc1C(=O)NC1CCC(N)CC1. The van der Waals surface area contributed by atoms with Crippen LogP contribution in [0.15, 0.2) is 24.3 Å². The summed E-state index contributed by atoms with van der Waals surface area (Å²) in [6, 6.07) is 7.53. The number of hydrogen-bond donors (Lipinski definition) is 3. The maximum Gasteiger partial charge on any atom is 0.253 e. The molecule has 126 valence electrons. The van der Waals surface area contributed by atoms with E-state index in [0.717, 1.165) is 25.7 Å². The maximum atomic E-state index is 12.6. The highest BCUT2D eigenvalue weighted by Crippen LogP contribution is 2.22. The van der Waals surface area contributed by atoms with Crippen LogP contribution in [0.4, 0.5) is 5.69 Å². The first-order valence-electron chi connectivity index (χ1n) is 8.24. The molecular formula is C18H27N3O2. The van der Waals surface area contributed by atoms with Gasteiger partial charge in [-0.15, -0.1) is 0 Å². The van der Waals surface area contributed by atoms with Crippen LogP contribution < -0.4 is 16.4 Å². The van der Waals surface area contributed by atoms with Crippen LogP contribution >= 0.6 is 0 Å². The van der Waals surface area contributed by atoms with E-state index in [2.05, 4.69) is 10.6 Å². The molecule has 0 atom stereocenters. The Morgan fingerprint density at radius 3 is 2.30 bits per heavy atom. The molecule has 5 heteroatoms. The molecule has 1 aliphatic rings. The zero-order chi connectivity index (χ0) is 17.0. The van der Waals surface area contributed by atoms with Crippen LogP contribution in [0.1, 0.15) is 56.8 Å². The zero-order valence-electron chi connectivity index (χ0n) is 14.2. The molecule has 1 saturated carbocycles. The van der Waals surface area contributed by atoms with Crippen molar-refractivity contribution in [2.75, 3.05) is 5.32 Å². The van der Waals surface area contributed by atoms with Gasteiger partial charge in [0.2, 0.25) is 5.91 Å². The first-order chi connectivity index (χ1) is 10.8. The molecule has 1 fully saturated rings. The van der Waals surface area contributed by atoms with E-state index in [1.165, 1.54) is 0 Å². The van der Waals surface area contributed by atoms with Crippen LogP contribution in [0.2, 0.25) is 0 Å². The van der Waals surface area contributed by atoms with Crippen molar-refractivity contribution in [2.24, 2.45) is 11.1 Å². The molecule has 2 amide bonds. The van der Waals surface area contributed by atoms with Crippen molar-refractivity contribution in [3.8, 4) is 0 Å². The molecule has 23 heavy (non-hydrogen) atoms. The van der Waals surface area contributed by atoms with E-state index in [4.69, 9.17) is 5.73 Å². The van der Waals surface area contributed by atoms with Crippen LogP contribution in [0.3, 0.4) is 0 Å². The van der Waals surface area contributed by atoms with Crippen molar-refractivity contribution in [3.63, 3.8) is 0 Å². The second-order valence-corrected chi connectivity index (χ2v) is 7.33. The van der Waals surface area contributed by atoms with Crippen molar-refractivity contribution in [2.45, 2.75) is 58.5 Å². The van der Waals surface area contributed by atoms with Gasteiger partial charge in [-0.2, -0.15) is 0 Å². The predicted octanol–water partition coefficient (Wildman–Crippen LogP) is 2.67. The molecular weight excluding hydrogens is 290 g/mol.